The number of amides is 2. The summed E-state index contributed by atoms with van der Waals surface area (Å²) in [6, 6.07) is 3.06. The van der Waals surface area contributed by atoms with E-state index >= 15 is 0 Å². The number of carbonyl (C=O) groups excluding carboxylic acids is 6. The molecule has 9 rings (SSSR count). The van der Waals surface area contributed by atoms with Gasteiger partial charge in [0, 0.05) is 72.1 Å². The Morgan fingerprint density at radius 2 is 1.65 bits per heavy atom. The summed E-state index contributed by atoms with van der Waals surface area (Å²) in [7, 11) is 1.32. The summed E-state index contributed by atoms with van der Waals surface area (Å²) in [6.45, 7) is 7.06. The molecule has 1 aliphatic heterocycles. The van der Waals surface area contributed by atoms with Crippen LogP contribution in [0.25, 0.3) is 0 Å². The van der Waals surface area contributed by atoms with Gasteiger partial charge in [-0.1, -0.05) is 31.6 Å². The fourth-order valence-electron chi connectivity index (χ4n) is 13.4. The van der Waals surface area contributed by atoms with E-state index in [1.807, 2.05) is 6.08 Å². The number of hydrogen-bond acceptors (Lipinski definition) is 18. The third-order valence-corrected chi connectivity index (χ3v) is 17.9. The molecule has 12 atom stereocenters. The molecule has 2 aromatic rings. The van der Waals surface area contributed by atoms with E-state index in [0.29, 0.717) is 53.8 Å². The van der Waals surface area contributed by atoms with E-state index in [9.17, 15) is 64.3 Å². The molecule has 75 heavy (non-hydrogen) atoms. The molecule has 0 radical (unpaired) electrons. The molecule has 9 N–H and O–H groups in total. The molecule has 1 saturated heterocycles. The highest BCUT2D eigenvalue weighted by Crippen LogP contribution is 2.67. The van der Waals surface area contributed by atoms with Crippen LogP contribution in [0.4, 0.5) is 4.79 Å². The Balaban J connectivity index is 0.000000192. The van der Waals surface area contributed by atoms with Crippen molar-refractivity contribution in [2.75, 3.05) is 38.6 Å². The molecule has 3 saturated carbocycles. The number of alkyl halides is 2. The lowest BCUT2D eigenvalue weighted by molar-refractivity contribution is -0.247. The average Bonchev–Trinajstić information content (AvgIpc) is 3.67. The molecule has 410 valence electrons. The minimum absolute atomic E-state index is 0.0173. The van der Waals surface area contributed by atoms with Crippen LogP contribution in [0.3, 0.4) is 0 Å². The van der Waals surface area contributed by atoms with Crippen molar-refractivity contribution in [1.82, 2.24) is 10.3 Å². The van der Waals surface area contributed by atoms with Crippen LogP contribution in [0.15, 0.2) is 35.1 Å². The lowest BCUT2D eigenvalue weighted by atomic mass is 9.46. The predicted molar refractivity (Wildman–Crippen MR) is 271 cm³/mol. The van der Waals surface area contributed by atoms with E-state index in [1.165, 1.54) is 30.9 Å². The lowest BCUT2D eigenvalue weighted by Gasteiger charge is -2.58. The third kappa shape index (κ3) is 10.3. The number of phenols is 2. The minimum Gasteiger partial charge on any atom is -0.507 e. The number of nitrogens with zero attached hydrogens (tertiary/aromatic N) is 2. The summed E-state index contributed by atoms with van der Waals surface area (Å²) < 4.78 is 17.0. The number of halogens is 2. The first kappa shape index (κ1) is 57.8. The summed E-state index contributed by atoms with van der Waals surface area (Å²) in [5, 5.41) is 70.4. The monoisotopic (exact) mass is 1090 g/mol. The zero-order valence-electron chi connectivity index (χ0n) is 42.7. The number of nitroso groups, excluding NO2 is 1. The first-order valence-corrected chi connectivity index (χ1v) is 26.4. The predicted octanol–water partition coefficient (Wildman–Crippen LogP) is 5.00. The van der Waals surface area contributed by atoms with Crippen LogP contribution in [0.5, 0.6) is 17.2 Å². The maximum absolute atomic E-state index is 13.6. The summed E-state index contributed by atoms with van der Waals surface area (Å²) in [6.07, 6.45) is 4.24. The van der Waals surface area contributed by atoms with Gasteiger partial charge in [0.25, 0.3) is 0 Å². The summed E-state index contributed by atoms with van der Waals surface area (Å²) in [5.74, 6) is -1.42. The number of nitrogens with two attached hydrogens (primary N) is 1. The SMILES string of the molecule is CC(=O)[C@@]1(O)CC[C@H]2[C@@H]3CCC4=CC(=O)CC[C@]4(C)[C@H]3CC[C@@]21C.COc1cccc2c1C(=O)c1c(O)c3c(c(O)c1C2=O)C[C@@](O)(C(=O)CO)C[C@@H]3O[C@H]1C[C@H](N)[C@H](O)[C@H](C)O1.O=NN(CCCl)C(=O)NCCCl. The minimum atomic E-state index is -2.24. The summed E-state index contributed by atoms with van der Waals surface area (Å²) in [4.78, 5) is 84.8. The fraction of sp³-hybridized carbons (Fsp3) is 0.623. The first-order chi connectivity index (χ1) is 35.4. The van der Waals surface area contributed by atoms with Gasteiger partial charge in [-0.05, 0) is 94.1 Å². The molecule has 6 aliphatic carbocycles. The highest BCUT2D eigenvalue weighted by atomic mass is 35.5. The average molecular weight is 1090 g/mol. The normalized spacial score (nSPS) is 33.2. The Kier molecular flexibility index (Phi) is 17.4. The maximum Gasteiger partial charge on any atom is 0.340 e. The zero-order chi connectivity index (χ0) is 55.1. The Hall–Kier alpha value is -4.90. The molecular formula is C53H68Cl2N4O16. The van der Waals surface area contributed by atoms with E-state index in [2.05, 4.69) is 24.5 Å². The number of ketones is 5. The molecule has 1 heterocycles. The van der Waals surface area contributed by atoms with Gasteiger partial charge in [0.15, 0.2) is 29.4 Å². The molecular weight excluding hydrogens is 1020 g/mol. The van der Waals surface area contributed by atoms with E-state index in [-0.39, 0.29) is 63.5 Å². The molecule has 2 aromatic carbocycles. The number of phenolic OH excluding ortho intramolecular Hbond substituents is 2. The van der Waals surface area contributed by atoms with Gasteiger partial charge < -0.3 is 55.9 Å². The number of aliphatic hydroxyl groups is 4. The quantitative estimate of drug-likeness (QED) is 0.0542. The van der Waals surface area contributed by atoms with Crippen molar-refractivity contribution in [3.8, 4) is 17.2 Å². The van der Waals surface area contributed by atoms with Crippen LogP contribution in [0.1, 0.15) is 141 Å². The number of fused-ring (bicyclic) bond motifs is 8. The van der Waals surface area contributed by atoms with Crippen LogP contribution in [-0.4, -0.2) is 145 Å². The molecule has 0 spiro atoms. The van der Waals surface area contributed by atoms with Gasteiger partial charge in [0.2, 0.25) is 5.78 Å². The molecule has 20 nitrogen and oxygen atoms in total. The van der Waals surface area contributed by atoms with Crippen LogP contribution in [0, 0.1) is 33.5 Å². The summed E-state index contributed by atoms with van der Waals surface area (Å²) in [5.41, 5.74) is 2.53. The number of benzene rings is 2. The molecule has 4 fully saturated rings. The maximum atomic E-state index is 13.6. The number of rotatable bonds is 11. The molecule has 7 aliphatic rings. The van der Waals surface area contributed by atoms with Gasteiger partial charge in [0.1, 0.15) is 35.1 Å². The van der Waals surface area contributed by atoms with Crippen molar-refractivity contribution in [1.29, 1.82) is 0 Å². The molecule has 2 amide bonds. The van der Waals surface area contributed by atoms with Crippen LogP contribution < -0.4 is 15.8 Å². The van der Waals surface area contributed by atoms with Crippen molar-refractivity contribution in [2.24, 2.45) is 39.6 Å². The third-order valence-electron chi connectivity index (χ3n) is 17.5. The molecule has 0 bridgehead atoms. The molecule has 0 unspecified atom stereocenters. The Labute approximate surface area is 444 Å². The van der Waals surface area contributed by atoms with Gasteiger partial charge in [-0.3, -0.25) is 24.0 Å². The Bertz CT molecular complexity index is 2640. The van der Waals surface area contributed by atoms with Gasteiger partial charge in [0.05, 0.1) is 53.9 Å². The number of nitrogens with one attached hydrogen (secondary N) is 1. The van der Waals surface area contributed by atoms with Crippen molar-refractivity contribution >= 4 is 58.1 Å². The fourth-order valence-corrected chi connectivity index (χ4v) is 13.7. The van der Waals surface area contributed by atoms with E-state index < -0.39 is 107 Å². The highest BCUT2D eigenvalue weighted by molar-refractivity contribution is 6.31. The highest BCUT2D eigenvalue weighted by Gasteiger charge is 2.65. The Morgan fingerprint density at radius 1 is 0.960 bits per heavy atom. The second-order valence-corrected chi connectivity index (χ2v) is 22.1. The molecule has 0 aromatic heterocycles. The van der Waals surface area contributed by atoms with Crippen molar-refractivity contribution in [3.63, 3.8) is 0 Å². The standard InChI is InChI=1S/C27H29NO11.C21H30O3.C5H9Cl2N3O2/c1-10-22(31)13(28)6-17(38-10)39-15-8-27(36,16(30)9-29)7-12-19(15)26(35)21-20(24(12)33)23(32)11-4-3-5-14(37-2)18(11)25(21)34;1-13(22)21(24)11-8-18-16-5-4-14-12-15(23)6-9-19(14,2)17(16)7-10-20(18,21)3;6-1-3-8-5(11)10(9-12)4-2-7/h3-5,10,13,15,17,22,29,31,33,35-36H,6-9,28H2,1-2H3;12,16-18,24H,4-11H2,1-3H3;1-4H2,(H,8,11)/t10-,13-,15-,17-,22+,27-;16-,17+,18+,19+,20+,21+;/m01./s1. The molecule has 22 heteroatoms. The zero-order valence-corrected chi connectivity index (χ0v) is 44.2. The number of allylic oxidation sites excluding steroid dienone is 1. The largest absolute Gasteiger partial charge is 0.507 e. The van der Waals surface area contributed by atoms with Crippen molar-refractivity contribution < 1.29 is 73.6 Å². The van der Waals surface area contributed by atoms with Crippen molar-refractivity contribution in [2.45, 2.75) is 140 Å². The lowest BCUT2D eigenvalue weighted by Crippen LogP contribution is -2.57. The summed E-state index contributed by atoms with van der Waals surface area (Å²) >= 11 is 10.6. The van der Waals surface area contributed by atoms with E-state index in [0.717, 1.165) is 38.5 Å². The number of methoxy groups -OCH3 is 1. The number of carbonyl (C=O) groups is 6. The number of ether oxygens (including phenoxy) is 3. The topological polar surface area (TPSA) is 322 Å². The van der Waals surface area contributed by atoms with Gasteiger partial charge in [-0.15, -0.1) is 28.1 Å². The van der Waals surface area contributed by atoms with Crippen LogP contribution >= 0.6 is 23.2 Å². The number of urea groups is 1. The van der Waals surface area contributed by atoms with Gasteiger partial charge >= 0.3 is 6.03 Å². The van der Waals surface area contributed by atoms with Gasteiger partial charge in [-0.2, -0.15) is 5.01 Å². The number of Topliss-reactive ketones (excluding diaryl/α,β-unsaturated/α-hetero) is 2. The van der Waals surface area contributed by atoms with Crippen LogP contribution in [-0.2, 0) is 30.3 Å². The van der Waals surface area contributed by atoms with E-state index in [4.69, 9.17) is 43.1 Å². The van der Waals surface area contributed by atoms with Crippen LogP contribution in [0.2, 0.25) is 0 Å². The second-order valence-electron chi connectivity index (χ2n) is 21.4. The van der Waals surface area contributed by atoms with E-state index in [1.54, 1.807) is 13.8 Å². The van der Waals surface area contributed by atoms with Gasteiger partial charge in [-0.25, -0.2) is 4.79 Å². The first-order valence-electron chi connectivity index (χ1n) is 25.4. The Morgan fingerprint density at radius 3 is 2.28 bits per heavy atom. The number of hydrogen-bond donors (Lipinski definition) is 8. The number of aliphatic hydroxyl groups excluding tert-OH is 2. The smallest absolute Gasteiger partial charge is 0.340 e. The number of aromatic hydroxyl groups is 2. The second kappa shape index (κ2) is 22.6. The van der Waals surface area contributed by atoms with Crippen molar-refractivity contribution in [3.05, 3.63) is 68.1 Å².